The highest BCUT2D eigenvalue weighted by Crippen LogP contribution is 2.29. The van der Waals surface area contributed by atoms with Crippen molar-refractivity contribution in [2.75, 3.05) is 13.1 Å². The van der Waals surface area contributed by atoms with Gasteiger partial charge >= 0.3 is 6.18 Å². The van der Waals surface area contributed by atoms with E-state index in [0.29, 0.717) is 18.7 Å². The zero-order chi connectivity index (χ0) is 13.9. The average Bonchev–Trinajstić information content (AvgIpc) is 2.84. The molecular weight excluding hydrogens is 259 g/mol. The Morgan fingerprint density at radius 2 is 2.00 bits per heavy atom. The molecule has 0 aliphatic carbocycles. The Bertz CT molecular complexity index is 431. The highest BCUT2D eigenvalue weighted by atomic mass is 19.4. The first-order chi connectivity index (χ1) is 8.99. The van der Waals surface area contributed by atoms with Gasteiger partial charge < -0.3 is 9.64 Å². The summed E-state index contributed by atoms with van der Waals surface area (Å²) in [5.74, 6) is 0. The minimum Gasteiger partial charge on any atom is -0.372 e. The Morgan fingerprint density at radius 3 is 2.53 bits per heavy atom. The summed E-state index contributed by atoms with van der Waals surface area (Å²) in [6, 6.07) is 4.92. The van der Waals surface area contributed by atoms with Crippen LogP contribution in [0.5, 0.6) is 0 Å². The maximum Gasteiger partial charge on any atom is 0.416 e. The number of hydrogen-bond acceptors (Lipinski definition) is 2. The normalized spacial score (nSPS) is 19.7. The van der Waals surface area contributed by atoms with Crippen molar-refractivity contribution in [3.63, 3.8) is 0 Å². The molecule has 1 fully saturated rings. The number of nitrogens with zero attached hydrogens (tertiary/aromatic N) is 1. The van der Waals surface area contributed by atoms with Crippen LogP contribution in [-0.4, -0.2) is 30.5 Å². The molecule has 1 aromatic carbocycles. The second kappa shape index (κ2) is 5.61. The van der Waals surface area contributed by atoms with Crippen LogP contribution in [0.1, 0.15) is 17.5 Å². The Kier molecular flexibility index (Phi) is 4.09. The summed E-state index contributed by atoms with van der Waals surface area (Å²) in [6.07, 6.45) is -2.80. The standard InChI is InChI=1S/C13H14F3NO2/c14-13(15,16)11-3-1-10(2-4-11)8-19-12-5-6-17(7-12)9-18/h1-4,9,12H,5-8H2. The predicted molar refractivity (Wildman–Crippen MR) is 62.3 cm³/mol. The molecule has 1 atom stereocenters. The minimum atomic E-state index is -4.31. The van der Waals surface area contributed by atoms with E-state index in [-0.39, 0.29) is 12.7 Å². The van der Waals surface area contributed by atoms with Crippen molar-refractivity contribution in [2.45, 2.75) is 25.3 Å². The first-order valence-electron chi connectivity index (χ1n) is 5.96. The predicted octanol–water partition coefficient (Wildman–Crippen LogP) is 2.45. The number of hydrogen-bond donors (Lipinski definition) is 0. The molecule has 1 amide bonds. The van der Waals surface area contributed by atoms with E-state index in [1.165, 1.54) is 12.1 Å². The third-order valence-electron chi connectivity index (χ3n) is 3.09. The molecule has 1 aromatic rings. The fourth-order valence-corrected chi connectivity index (χ4v) is 1.99. The van der Waals surface area contributed by atoms with E-state index in [0.717, 1.165) is 25.0 Å². The quantitative estimate of drug-likeness (QED) is 0.789. The zero-order valence-corrected chi connectivity index (χ0v) is 10.2. The number of likely N-dealkylation sites (tertiary alicyclic amines) is 1. The fourth-order valence-electron chi connectivity index (χ4n) is 1.99. The molecule has 1 aliphatic rings. The molecule has 1 unspecified atom stereocenters. The SMILES string of the molecule is O=CN1CCC(OCc2ccc(C(F)(F)F)cc2)C1. The number of halogens is 3. The van der Waals surface area contributed by atoms with E-state index in [1.54, 1.807) is 4.90 Å². The number of rotatable bonds is 4. The van der Waals surface area contributed by atoms with Gasteiger partial charge in [0.25, 0.3) is 0 Å². The van der Waals surface area contributed by atoms with Crippen LogP contribution < -0.4 is 0 Å². The minimum absolute atomic E-state index is 0.0347. The fraction of sp³-hybridized carbons (Fsp3) is 0.462. The van der Waals surface area contributed by atoms with Gasteiger partial charge in [-0.3, -0.25) is 4.79 Å². The summed E-state index contributed by atoms with van der Waals surface area (Å²) in [6.45, 7) is 1.47. The molecule has 19 heavy (non-hydrogen) atoms. The van der Waals surface area contributed by atoms with Gasteiger partial charge in [-0.25, -0.2) is 0 Å². The summed E-state index contributed by atoms with van der Waals surface area (Å²) in [5.41, 5.74) is 0.0294. The number of alkyl halides is 3. The summed E-state index contributed by atoms with van der Waals surface area (Å²) >= 11 is 0. The lowest BCUT2D eigenvalue weighted by atomic mass is 10.1. The molecule has 1 aliphatic heterocycles. The lowest BCUT2D eigenvalue weighted by molar-refractivity contribution is -0.137. The van der Waals surface area contributed by atoms with Gasteiger partial charge in [0.1, 0.15) is 0 Å². The van der Waals surface area contributed by atoms with Gasteiger partial charge in [0, 0.05) is 13.1 Å². The lowest BCUT2D eigenvalue weighted by Crippen LogP contribution is -2.21. The molecule has 2 rings (SSSR count). The molecule has 0 spiro atoms. The number of benzene rings is 1. The van der Waals surface area contributed by atoms with Crippen LogP contribution in [0.3, 0.4) is 0 Å². The molecule has 0 aromatic heterocycles. The van der Waals surface area contributed by atoms with Crippen LogP contribution in [-0.2, 0) is 22.3 Å². The van der Waals surface area contributed by atoms with E-state index in [2.05, 4.69) is 0 Å². The molecule has 6 heteroatoms. The number of carbonyl (C=O) groups excluding carboxylic acids is 1. The van der Waals surface area contributed by atoms with Crippen LogP contribution in [0.25, 0.3) is 0 Å². The largest absolute Gasteiger partial charge is 0.416 e. The van der Waals surface area contributed by atoms with Crippen molar-refractivity contribution >= 4 is 6.41 Å². The van der Waals surface area contributed by atoms with Crippen LogP contribution in [0.2, 0.25) is 0 Å². The maximum absolute atomic E-state index is 12.4. The second-order valence-electron chi connectivity index (χ2n) is 4.52. The number of ether oxygens (including phenoxy) is 1. The monoisotopic (exact) mass is 273 g/mol. The third-order valence-corrected chi connectivity index (χ3v) is 3.09. The van der Waals surface area contributed by atoms with Crippen molar-refractivity contribution in [1.29, 1.82) is 0 Å². The van der Waals surface area contributed by atoms with Crippen LogP contribution >= 0.6 is 0 Å². The van der Waals surface area contributed by atoms with E-state index >= 15 is 0 Å². The Balaban J connectivity index is 1.85. The average molecular weight is 273 g/mol. The lowest BCUT2D eigenvalue weighted by Gasteiger charge is -2.12. The van der Waals surface area contributed by atoms with Gasteiger partial charge in [-0.05, 0) is 24.1 Å². The third kappa shape index (κ3) is 3.70. The highest BCUT2D eigenvalue weighted by molar-refractivity contribution is 5.47. The van der Waals surface area contributed by atoms with E-state index < -0.39 is 11.7 Å². The van der Waals surface area contributed by atoms with Crippen molar-refractivity contribution < 1.29 is 22.7 Å². The van der Waals surface area contributed by atoms with E-state index in [9.17, 15) is 18.0 Å². The summed E-state index contributed by atoms with van der Waals surface area (Å²) in [5, 5.41) is 0. The van der Waals surface area contributed by atoms with Gasteiger partial charge in [-0.1, -0.05) is 12.1 Å². The van der Waals surface area contributed by atoms with Crippen molar-refractivity contribution in [3.8, 4) is 0 Å². The van der Waals surface area contributed by atoms with Gasteiger partial charge in [0.15, 0.2) is 0 Å². The Hall–Kier alpha value is -1.56. The summed E-state index contributed by atoms with van der Waals surface area (Å²) in [4.78, 5) is 12.1. The van der Waals surface area contributed by atoms with Crippen molar-refractivity contribution in [3.05, 3.63) is 35.4 Å². The molecule has 0 N–H and O–H groups in total. The molecule has 1 heterocycles. The molecule has 1 saturated heterocycles. The van der Waals surface area contributed by atoms with E-state index in [4.69, 9.17) is 4.74 Å². The smallest absolute Gasteiger partial charge is 0.372 e. The second-order valence-corrected chi connectivity index (χ2v) is 4.52. The molecule has 0 radical (unpaired) electrons. The molecule has 3 nitrogen and oxygen atoms in total. The number of amides is 1. The Morgan fingerprint density at radius 1 is 1.32 bits per heavy atom. The van der Waals surface area contributed by atoms with Gasteiger partial charge in [0.2, 0.25) is 6.41 Å². The molecule has 0 bridgehead atoms. The molecule has 0 saturated carbocycles. The van der Waals surface area contributed by atoms with Gasteiger partial charge in [-0.15, -0.1) is 0 Å². The van der Waals surface area contributed by atoms with E-state index in [1.807, 2.05) is 0 Å². The zero-order valence-electron chi connectivity index (χ0n) is 10.2. The maximum atomic E-state index is 12.4. The molecule has 104 valence electrons. The summed E-state index contributed by atoms with van der Waals surface area (Å²) in [7, 11) is 0. The van der Waals surface area contributed by atoms with Crippen molar-refractivity contribution in [2.24, 2.45) is 0 Å². The Labute approximate surface area is 109 Å². The first kappa shape index (κ1) is 13.9. The van der Waals surface area contributed by atoms with Gasteiger partial charge in [-0.2, -0.15) is 13.2 Å². The van der Waals surface area contributed by atoms with Crippen LogP contribution in [0, 0.1) is 0 Å². The van der Waals surface area contributed by atoms with Crippen LogP contribution in [0.4, 0.5) is 13.2 Å². The first-order valence-corrected chi connectivity index (χ1v) is 5.96. The van der Waals surface area contributed by atoms with Crippen molar-refractivity contribution in [1.82, 2.24) is 4.90 Å². The topological polar surface area (TPSA) is 29.5 Å². The summed E-state index contributed by atoms with van der Waals surface area (Å²) < 4.78 is 42.7. The number of carbonyl (C=O) groups is 1. The highest BCUT2D eigenvalue weighted by Gasteiger charge is 2.30. The van der Waals surface area contributed by atoms with Crippen LogP contribution in [0.15, 0.2) is 24.3 Å². The molecular formula is C13H14F3NO2. The van der Waals surface area contributed by atoms with Gasteiger partial charge in [0.05, 0.1) is 18.3 Å².